The monoisotopic (exact) mass is 303 g/mol. The van der Waals surface area contributed by atoms with Crippen molar-refractivity contribution >= 4 is 36.0 Å². The molecule has 1 aromatic heterocycles. The largest absolute Gasteiger partial charge is 0.427 e. The van der Waals surface area contributed by atoms with Gasteiger partial charge in [-0.2, -0.15) is 4.98 Å². The summed E-state index contributed by atoms with van der Waals surface area (Å²) in [6, 6.07) is 5.51. The summed E-state index contributed by atoms with van der Waals surface area (Å²) in [5.74, 6) is -0.242. The van der Waals surface area contributed by atoms with Gasteiger partial charge < -0.3 is 14.2 Å². The summed E-state index contributed by atoms with van der Waals surface area (Å²) < 4.78 is 11.1. The van der Waals surface area contributed by atoms with Crippen LogP contribution in [0.4, 0.5) is 6.01 Å². The predicted octanol–water partition coefficient (Wildman–Crippen LogP) is 1.60. The van der Waals surface area contributed by atoms with Crippen molar-refractivity contribution in [1.82, 2.24) is 4.98 Å². The molecule has 0 fully saturated rings. The lowest BCUT2D eigenvalue weighted by molar-refractivity contribution is -0.114. The molecule has 1 heterocycles. The summed E-state index contributed by atoms with van der Waals surface area (Å²) in [5.41, 5.74) is 0.241. The van der Waals surface area contributed by atoms with Gasteiger partial charge in [0.15, 0.2) is 5.58 Å². The van der Waals surface area contributed by atoms with Gasteiger partial charge in [0, 0.05) is 6.92 Å². The van der Waals surface area contributed by atoms with Crippen LogP contribution in [0, 0.1) is 0 Å². The number of nitrogens with one attached hydrogen (secondary N) is 1. The molecule has 0 spiro atoms. The molecule has 2 aromatic rings. The summed E-state index contributed by atoms with van der Waals surface area (Å²) >= 11 is 0. The van der Waals surface area contributed by atoms with Crippen LogP contribution >= 0.6 is 0 Å². The Balaban J connectivity index is 2.14. The molecular formula is C15H20BN2O4. The van der Waals surface area contributed by atoms with Crippen LogP contribution in [-0.4, -0.2) is 34.7 Å². The van der Waals surface area contributed by atoms with E-state index in [4.69, 9.17) is 9.07 Å². The number of nitrogens with zero attached hydrogens (tertiary/aromatic N) is 1. The quantitative estimate of drug-likeness (QED) is 0.820. The maximum Gasteiger partial charge on any atom is 0.330 e. The second kappa shape index (κ2) is 5.74. The third-order valence-corrected chi connectivity index (χ3v) is 3.66. The van der Waals surface area contributed by atoms with Crippen molar-refractivity contribution in [3.63, 3.8) is 0 Å². The minimum atomic E-state index is -0.986. The van der Waals surface area contributed by atoms with Crippen LogP contribution in [-0.2, 0) is 9.45 Å². The number of hydrogen-bond donors (Lipinski definition) is 2. The third-order valence-electron chi connectivity index (χ3n) is 3.66. The van der Waals surface area contributed by atoms with Crippen molar-refractivity contribution in [2.24, 2.45) is 0 Å². The maximum atomic E-state index is 11.0. The number of oxazole rings is 1. The van der Waals surface area contributed by atoms with Gasteiger partial charge in [0.1, 0.15) is 5.52 Å². The standard InChI is InChI=1S/C15H20BN2O4/c1-9(19)17-13-18-11-8-10(6-7-12(11)21-13)16-22-15(4,5)14(2,3)20/h6-8,20H,1-5H3,(H,17,18,19). The van der Waals surface area contributed by atoms with Crippen LogP contribution in [0.15, 0.2) is 22.6 Å². The van der Waals surface area contributed by atoms with Crippen LogP contribution in [0.5, 0.6) is 0 Å². The number of fused-ring (bicyclic) bond motifs is 1. The molecule has 0 atom stereocenters. The second-order valence-corrected chi connectivity index (χ2v) is 6.23. The van der Waals surface area contributed by atoms with E-state index >= 15 is 0 Å². The molecule has 2 N–H and O–H groups in total. The fourth-order valence-corrected chi connectivity index (χ4v) is 1.58. The van der Waals surface area contributed by atoms with E-state index < -0.39 is 11.2 Å². The Hall–Kier alpha value is -1.86. The molecule has 0 saturated carbocycles. The Labute approximate surface area is 130 Å². The average molecular weight is 303 g/mol. The maximum absolute atomic E-state index is 11.0. The van der Waals surface area contributed by atoms with Gasteiger partial charge in [-0.05, 0) is 39.8 Å². The summed E-state index contributed by atoms with van der Waals surface area (Å²) in [6.45, 7) is 8.41. The highest BCUT2D eigenvalue weighted by Crippen LogP contribution is 2.24. The number of amides is 1. The molecule has 2 rings (SSSR count). The number of hydrogen-bond acceptors (Lipinski definition) is 5. The first-order valence-corrected chi connectivity index (χ1v) is 7.00. The van der Waals surface area contributed by atoms with Gasteiger partial charge in [-0.1, -0.05) is 11.5 Å². The van der Waals surface area contributed by atoms with Gasteiger partial charge in [0.05, 0.1) is 11.2 Å². The van der Waals surface area contributed by atoms with E-state index in [2.05, 4.69) is 10.3 Å². The van der Waals surface area contributed by atoms with Crippen molar-refractivity contribution in [3.8, 4) is 0 Å². The lowest BCUT2D eigenvalue weighted by Crippen LogP contribution is -2.49. The van der Waals surface area contributed by atoms with Gasteiger partial charge in [0.25, 0.3) is 0 Å². The number of aliphatic hydroxyl groups is 1. The van der Waals surface area contributed by atoms with Gasteiger partial charge in [0.2, 0.25) is 5.91 Å². The zero-order valence-corrected chi connectivity index (χ0v) is 13.4. The summed E-state index contributed by atoms with van der Waals surface area (Å²) in [7, 11) is 1.57. The molecule has 117 valence electrons. The fraction of sp³-hybridized carbons (Fsp3) is 0.467. The molecule has 6 nitrogen and oxygen atoms in total. The van der Waals surface area contributed by atoms with Crippen LogP contribution in [0.25, 0.3) is 11.1 Å². The van der Waals surface area contributed by atoms with Crippen molar-refractivity contribution in [2.45, 2.75) is 45.8 Å². The van der Waals surface area contributed by atoms with Crippen molar-refractivity contribution in [2.75, 3.05) is 5.32 Å². The second-order valence-electron chi connectivity index (χ2n) is 6.23. The zero-order chi connectivity index (χ0) is 16.5. The lowest BCUT2D eigenvalue weighted by Gasteiger charge is -2.37. The van der Waals surface area contributed by atoms with Crippen LogP contribution in [0.2, 0.25) is 0 Å². The molecule has 7 heteroatoms. The summed E-state index contributed by atoms with van der Waals surface area (Å²) in [6.07, 6.45) is 0. The SMILES string of the molecule is CC(=O)Nc1nc2cc([B]OC(C)(C)C(C)(C)O)ccc2o1. The number of carbonyl (C=O) groups excluding carboxylic acids is 1. The number of aromatic nitrogens is 1. The molecule has 1 aromatic carbocycles. The number of rotatable bonds is 5. The molecule has 0 saturated heterocycles. The summed E-state index contributed by atoms with van der Waals surface area (Å²) in [4.78, 5) is 15.2. The first-order chi connectivity index (χ1) is 10.1. The normalized spacial score (nSPS) is 12.5. The van der Waals surface area contributed by atoms with Crippen LogP contribution in [0.3, 0.4) is 0 Å². The lowest BCUT2D eigenvalue weighted by atomic mass is 9.82. The topological polar surface area (TPSA) is 84.6 Å². The molecular weight excluding hydrogens is 283 g/mol. The van der Waals surface area contributed by atoms with Crippen LogP contribution in [0.1, 0.15) is 34.6 Å². The van der Waals surface area contributed by atoms with Crippen molar-refractivity contribution in [1.29, 1.82) is 0 Å². The number of carbonyl (C=O) groups is 1. The Bertz CT molecular complexity index is 688. The molecule has 0 bridgehead atoms. The molecule has 1 amide bonds. The Morgan fingerprint density at radius 2 is 2.05 bits per heavy atom. The Kier molecular flexibility index (Phi) is 4.31. The van der Waals surface area contributed by atoms with Crippen LogP contribution < -0.4 is 10.8 Å². The minimum Gasteiger partial charge on any atom is -0.427 e. The molecule has 1 radical (unpaired) electrons. The molecule has 0 aliphatic heterocycles. The highest BCUT2D eigenvalue weighted by atomic mass is 16.5. The number of anilines is 1. The summed E-state index contributed by atoms with van der Waals surface area (Å²) in [5, 5.41) is 12.6. The van der Waals surface area contributed by atoms with Crippen molar-refractivity contribution < 1.29 is 19.0 Å². The van der Waals surface area contributed by atoms with Gasteiger partial charge in [-0.3, -0.25) is 10.1 Å². The van der Waals surface area contributed by atoms with E-state index in [1.54, 1.807) is 33.5 Å². The van der Waals surface area contributed by atoms with E-state index in [1.165, 1.54) is 6.92 Å². The zero-order valence-electron chi connectivity index (χ0n) is 13.4. The van der Waals surface area contributed by atoms with E-state index in [-0.39, 0.29) is 11.9 Å². The molecule has 0 aliphatic rings. The fourth-order valence-electron chi connectivity index (χ4n) is 1.58. The van der Waals surface area contributed by atoms with E-state index in [9.17, 15) is 9.90 Å². The molecule has 0 aliphatic carbocycles. The minimum absolute atomic E-state index is 0.164. The Morgan fingerprint density at radius 1 is 1.36 bits per heavy atom. The van der Waals surface area contributed by atoms with Gasteiger partial charge >= 0.3 is 13.5 Å². The smallest absolute Gasteiger partial charge is 0.330 e. The van der Waals surface area contributed by atoms with Crippen molar-refractivity contribution in [3.05, 3.63) is 18.2 Å². The highest BCUT2D eigenvalue weighted by molar-refractivity contribution is 6.47. The van der Waals surface area contributed by atoms with E-state index in [1.807, 2.05) is 19.9 Å². The van der Waals surface area contributed by atoms with E-state index in [0.29, 0.717) is 11.1 Å². The first kappa shape index (κ1) is 16.5. The molecule has 0 unspecified atom stereocenters. The number of benzene rings is 1. The van der Waals surface area contributed by atoms with Gasteiger partial charge in [-0.15, -0.1) is 0 Å². The predicted molar refractivity (Wildman–Crippen MR) is 85.2 cm³/mol. The molecule has 22 heavy (non-hydrogen) atoms. The highest BCUT2D eigenvalue weighted by Gasteiger charge is 2.35. The Morgan fingerprint density at radius 3 is 2.64 bits per heavy atom. The third kappa shape index (κ3) is 3.67. The average Bonchev–Trinajstić information content (AvgIpc) is 2.75. The van der Waals surface area contributed by atoms with E-state index in [0.717, 1.165) is 5.46 Å². The van der Waals surface area contributed by atoms with Gasteiger partial charge in [-0.25, -0.2) is 0 Å². The first-order valence-electron chi connectivity index (χ1n) is 7.00.